The van der Waals surface area contributed by atoms with Gasteiger partial charge in [0.15, 0.2) is 0 Å². The van der Waals surface area contributed by atoms with Crippen LogP contribution in [-0.2, 0) is 6.54 Å². The molecule has 0 bridgehead atoms. The van der Waals surface area contributed by atoms with Gasteiger partial charge in [-0.05, 0) is 38.0 Å². The standard InChI is InChI=1S/C15H17N3O2/c1-4-18-13(19)9-8-12(17-18)15(20)16-14-10(2)6-5-7-11(14)3/h5-9H,4H2,1-3H3,(H,16,20). The molecule has 2 aromatic rings. The van der Waals surface area contributed by atoms with Crippen LogP contribution >= 0.6 is 0 Å². The first-order valence-corrected chi connectivity index (χ1v) is 6.48. The van der Waals surface area contributed by atoms with E-state index in [1.165, 1.54) is 16.8 Å². The molecule has 0 unspecified atom stereocenters. The molecule has 20 heavy (non-hydrogen) atoms. The molecule has 0 radical (unpaired) electrons. The van der Waals surface area contributed by atoms with Crippen molar-refractivity contribution >= 4 is 11.6 Å². The summed E-state index contributed by atoms with van der Waals surface area (Å²) in [5, 5.41) is 6.89. The Balaban J connectivity index is 2.31. The molecule has 0 saturated heterocycles. The van der Waals surface area contributed by atoms with E-state index < -0.39 is 0 Å². The molecule has 1 N–H and O–H groups in total. The highest BCUT2D eigenvalue weighted by atomic mass is 16.2. The number of nitrogens with zero attached hydrogens (tertiary/aromatic N) is 2. The van der Waals surface area contributed by atoms with E-state index in [0.29, 0.717) is 6.54 Å². The molecule has 0 spiro atoms. The van der Waals surface area contributed by atoms with Crippen molar-refractivity contribution in [3.05, 3.63) is 57.5 Å². The Morgan fingerprint density at radius 1 is 1.20 bits per heavy atom. The molecule has 5 nitrogen and oxygen atoms in total. The highest BCUT2D eigenvalue weighted by Gasteiger charge is 2.12. The Morgan fingerprint density at radius 3 is 2.45 bits per heavy atom. The van der Waals surface area contributed by atoms with Crippen LogP contribution in [0.3, 0.4) is 0 Å². The third-order valence-electron chi connectivity index (χ3n) is 3.12. The lowest BCUT2D eigenvalue weighted by molar-refractivity contribution is 0.101. The third kappa shape index (κ3) is 2.77. The first-order chi connectivity index (χ1) is 9.52. The quantitative estimate of drug-likeness (QED) is 0.930. The van der Waals surface area contributed by atoms with Crippen LogP contribution < -0.4 is 10.9 Å². The maximum absolute atomic E-state index is 12.2. The first kappa shape index (κ1) is 14.0. The molecule has 1 heterocycles. The fourth-order valence-electron chi connectivity index (χ4n) is 1.99. The van der Waals surface area contributed by atoms with Crippen LogP contribution in [0.25, 0.3) is 0 Å². The lowest BCUT2D eigenvalue weighted by Gasteiger charge is -2.11. The van der Waals surface area contributed by atoms with Gasteiger partial charge in [-0.3, -0.25) is 9.59 Å². The van der Waals surface area contributed by atoms with Gasteiger partial charge in [-0.1, -0.05) is 18.2 Å². The molecule has 5 heteroatoms. The number of anilines is 1. The summed E-state index contributed by atoms with van der Waals surface area (Å²) in [5.41, 5.74) is 2.78. The average molecular weight is 271 g/mol. The van der Waals surface area contributed by atoms with Crippen molar-refractivity contribution in [2.75, 3.05) is 5.32 Å². The van der Waals surface area contributed by atoms with Gasteiger partial charge in [-0.2, -0.15) is 5.10 Å². The van der Waals surface area contributed by atoms with Crippen LogP contribution in [0.2, 0.25) is 0 Å². The van der Waals surface area contributed by atoms with Gasteiger partial charge in [-0.25, -0.2) is 4.68 Å². The maximum atomic E-state index is 12.2. The Labute approximate surface area is 117 Å². The zero-order chi connectivity index (χ0) is 14.7. The minimum absolute atomic E-state index is 0.212. The molecule has 1 amide bonds. The Morgan fingerprint density at radius 2 is 1.85 bits per heavy atom. The number of nitrogens with one attached hydrogen (secondary N) is 1. The summed E-state index contributed by atoms with van der Waals surface area (Å²) < 4.78 is 1.26. The fourth-order valence-corrected chi connectivity index (χ4v) is 1.99. The minimum atomic E-state index is -0.315. The molecule has 104 valence electrons. The molecule has 0 fully saturated rings. The SMILES string of the molecule is CCn1nc(C(=O)Nc2c(C)cccc2C)ccc1=O. The number of hydrogen-bond donors (Lipinski definition) is 1. The summed E-state index contributed by atoms with van der Waals surface area (Å²) in [6.07, 6.45) is 0. The first-order valence-electron chi connectivity index (χ1n) is 6.48. The number of rotatable bonds is 3. The second-order valence-corrected chi connectivity index (χ2v) is 4.59. The number of para-hydroxylation sites is 1. The second kappa shape index (κ2) is 5.69. The van der Waals surface area contributed by atoms with Crippen molar-refractivity contribution in [2.24, 2.45) is 0 Å². The van der Waals surface area contributed by atoms with E-state index in [0.717, 1.165) is 16.8 Å². The van der Waals surface area contributed by atoms with E-state index in [-0.39, 0.29) is 17.2 Å². The lowest BCUT2D eigenvalue weighted by atomic mass is 10.1. The molecule has 2 rings (SSSR count). The van der Waals surface area contributed by atoms with E-state index in [4.69, 9.17) is 0 Å². The van der Waals surface area contributed by atoms with Crippen molar-refractivity contribution in [1.82, 2.24) is 9.78 Å². The highest BCUT2D eigenvalue weighted by molar-refractivity contribution is 6.03. The Kier molecular flexibility index (Phi) is 3.98. The molecule has 1 aromatic carbocycles. The summed E-state index contributed by atoms with van der Waals surface area (Å²) in [6, 6.07) is 8.61. The van der Waals surface area contributed by atoms with Gasteiger partial charge in [0.1, 0.15) is 5.69 Å². The van der Waals surface area contributed by atoms with E-state index in [2.05, 4.69) is 10.4 Å². The predicted octanol–water partition coefficient (Wildman–Crippen LogP) is 2.13. The zero-order valence-electron chi connectivity index (χ0n) is 11.8. The topological polar surface area (TPSA) is 64.0 Å². The number of benzene rings is 1. The monoisotopic (exact) mass is 271 g/mol. The van der Waals surface area contributed by atoms with Crippen LogP contribution in [0.5, 0.6) is 0 Å². The Hall–Kier alpha value is -2.43. The fraction of sp³-hybridized carbons (Fsp3) is 0.267. The summed E-state index contributed by atoms with van der Waals surface area (Å²) >= 11 is 0. The summed E-state index contributed by atoms with van der Waals surface area (Å²) in [4.78, 5) is 23.7. The van der Waals surface area contributed by atoms with Crippen molar-refractivity contribution in [1.29, 1.82) is 0 Å². The molecule has 0 atom stereocenters. The number of hydrogen-bond acceptors (Lipinski definition) is 3. The van der Waals surface area contributed by atoms with E-state index in [1.54, 1.807) is 0 Å². The third-order valence-corrected chi connectivity index (χ3v) is 3.12. The van der Waals surface area contributed by atoms with E-state index in [1.807, 2.05) is 39.0 Å². The zero-order valence-corrected chi connectivity index (χ0v) is 11.8. The molecule has 0 saturated carbocycles. The van der Waals surface area contributed by atoms with Crippen LogP contribution in [0, 0.1) is 13.8 Å². The van der Waals surface area contributed by atoms with Gasteiger partial charge >= 0.3 is 0 Å². The second-order valence-electron chi connectivity index (χ2n) is 4.59. The van der Waals surface area contributed by atoms with Crippen molar-refractivity contribution in [3.63, 3.8) is 0 Å². The highest BCUT2D eigenvalue weighted by Crippen LogP contribution is 2.19. The number of carbonyl (C=O) groups is 1. The summed E-state index contributed by atoms with van der Waals surface area (Å²) in [5.74, 6) is -0.315. The van der Waals surface area contributed by atoms with Crippen LogP contribution in [0.15, 0.2) is 35.1 Å². The smallest absolute Gasteiger partial charge is 0.276 e. The minimum Gasteiger partial charge on any atom is -0.320 e. The van der Waals surface area contributed by atoms with Crippen LogP contribution in [0.1, 0.15) is 28.5 Å². The van der Waals surface area contributed by atoms with Gasteiger partial charge in [-0.15, -0.1) is 0 Å². The Bertz CT molecular complexity index is 684. The van der Waals surface area contributed by atoms with Gasteiger partial charge < -0.3 is 5.32 Å². The molecular weight excluding hydrogens is 254 g/mol. The molecular formula is C15H17N3O2. The normalized spacial score (nSPS) is 10.3. The van der Waals surface area contributed by atoms with Gasteiger partial charge in [0.25, 0.3) is 11.5 Å². The van der Waals surface area contributed by atoms with E-state index in [9.17, 15) is 9.59 Å². The van der Waals surface area contributed by atoms with Crippen LogP contribution in [0.4, 0.5) is 5.69 Å². The summed E-state index contributed by atoms with van der Waals surface area (Å²) in [6.45, 7) is 6.11. The predicted molar refractivity (Wildman–Crippen MR) is 78.0 cm³/mol. The maximum Gasteiger partial charge on any atom is 0.276 e. The van der Waals surface area contributed by atoms with Crippen molar-refractivity contribution in [3.8, 4) is 0 Å². The number of aryl methyl sites for hydroxylation is 3. The largest absolute Gasteiger partial charge is 0.320 e. The molecule has 0 aliphatic carbocycles. The van der Waals surface area contributed by atoms with Gasteiger partial charge in [0.05, 0.1) is 0 Å². The number of amides is 1. The number of aromatic nitrogens is 2. The average Bonchev–Trinajstić information content (AvgIpc) is 2.43. The number of carbonyl (C=O) groups excluding carboxylic acids is 1. The van der Waals surface area contributed by atoms with Gasteiger partial charge in [0, 0.05) is 18.3 Å². The van der Waals surface area contributed by atoms with E-state index >= 15 is 0 Å². The molecule has 1 aromatic heterocycles. The van der Waals surface area contributed by atoms with Crippen LogP contribution in [-0.4, -0.2) is 15.7 Å². The molecule has 0 aliphatic heterocycles. The summed E-state index contributed by atoms with van der Waals surface area (Å²) in [7, 11) is 0. The van der Waals surface area contributed by atoms with Gasteiger partial charge in [0.2, 0.25) is 0 Å². The van der Waals surface area contributed by atoms with Crippen molar-refractivity contribution in [2.45, 2.75) is 27.3 Å². The van der Waals surface area contributed by atoms with Crippen molar-refractivity contribution < 1.29 is 4.79 Å². The lowest BCUT2D eigenvalue weighted by Crippen LogP contribution is -2.25. The molecule has 0 aliphatic rings.